The number of carbonyl (C=O) groups excluding carboxylic acids is 1. The molecule has 0 radical (unpaired) electrons. The summed E-state index contributed by atoms with van der Waals surface area (Å²) in [5, 5.41) is 0. The van der Waals surface area contributed by atoms with E-state index in [-0.39, 0.29) is 5.91 Å². The van der Waals surface area contributed by atoms with Gasteiger partial charge in [0.1, 0.15) is 0 Å². The lowest BCUT2D eigenvalue weighted by atomic mass is 10.2. The topological polar surface area (TPSA) is 33.5 Å². The average Bonchev–Trinajstić information content (AvgIpc) is 3.10. The molecule has 1 aliphatic carbocycles. The lowest BCUT2D eigenvalue weighted by molar-refractivity contribution is 0.0697. The Morgan fingerprint density at radius 3 is 2.56 bits per heavy atom. The highest BCUT2D eigenvalue weighted by Crippen LogP contribution is 2.29. The Morgan fingerprint density at radius 1 is 1.17 bits per heavy atom. The van der Waals surface area contributed by atoms with Crippen LogP contribution in [0.3, 0.4) is 0 Å². The molecule has 0 N–H and O–H groups in total. The molecule has 1 saturated carbocycles. The quantitative estimate of drug-likeness (QED) is 0.824. The van der Waals surface area contributed by atoms with Gasteiger partial charge in [0.25, 0.3) is 5.91 Å². The van der Waals surface area contributed by atoms with Gasteiger partial charge in [0.2, 0.25) is 0 Å². The van der Waals surface area contributed by atoms with Gasteiger partial charge in [0.05, 0.1) is 6.26 Å². The molecule has 1 aliphatic rings. The first-order valence-corrected chi connectivity index (χ1v) is 6.23. The summed E-state index contributed by atoms with van der Waals surface area (Å²) in [7, 11) is 0. The third-order valence-electron chi connectivity index (χ3n) is 3.18. The SMILES string of the molecule is O=C(c1ccco1)N(Cc1ccccc1)C1CC1. The molecule has 1 aromatic heterocycles. The molecule has 0 spiro atoms. The van der Waals surface area contributed by atoms with Gasteiger partial charge in [-0.1, -0.05) is 30.3 Å². The van der Waals surface area contributed by atoms with Gasteiger partial charge >= 0.3 is 0 Å². The molecule has 3 rings (SSSR count). The Labute approximate surface area is 106 Å². The number of carbonyl (C=O) groups is 1. The van der Waals surface area contributed by atoms with E-state index in [1.807, 2.05) is 35.2 Å². The summed E-state index contributed by atoms with van der Waals surface area (Å²) in [5.74, 6) is 0.421. The minimum atomic E-state index is -0.00801. The van der Waals surface area contributed by atoms with E-state index < -0.39 is 0 Å². The number of hydrogen-bond acceptors (Lipinski definition) is 2. The van der Waals surface area contributed by atoms with Crippen LogP contribution in [0, 0.1) is 0 Å². The first-order valence-electron chi connectivity index (χ1n) is 6.23. The third kappa shape index (κ3) is 2.30. The van der Waals surface area contributed by atoms with Crippen molar-refractivity contribution in [1.82, 2.24) is 4.90 Å². The van der Waals surface area contributed by atoms with E-state index in [1.165, 1.54) is 0 Å². The molecular weight excluding hydrogens is 226 g/mol. The van der Waals surface area contributed by atoms with Gasteiger partial charge in [-0.15, -0.1) is 0 Å². The Kier molecular flexibility index (Phi) is 2.89. The fourth-order valence-corrected chi connectivity index (χ4v) is 2.07. The van der Waals surface area contributed by atoms with E-state index in [2.05, 4.69) is 0 Å². The number of amides is 1. The maximum atomic E-state index is 12.3. The summed E-state index contributed by atoms with van der Waals surface area (Å²) in [5.41, 5.74) is 1.16. The highest BCUT2D eigenvalue weighted by molar-refractivity contribution is 5.91. The van der Waals surface area contributed by atoms with E-state index in [1.54, 1.807) is 18.4 Å². The molecule has 1 amide bonds. The molecule has 0 bridgehead atoms. The van der Waals surface area contributed by atoms with Crippen LogP contribution in [0.2, 0.25) is 0 Å². The van der Waals surface area contributed by atoms with Crippen LogP contribution in [0.5, 0.6) is 0 Å². The smallest absolute Gasteiger partial charge is 0.290 e. The Bertz CT molecular complexity index is 515. The van der Waals surface area contributed by atoms with Crippen molar-refractivity contribution in [3.05, 3.63) is 60.1 Å². The van der Waals surface area contributed by atoms with Crippen molar-refractivity contribution in [3.8, 4) is 0 Å². The molecule has 3 heteroatoms. The second kappa shape index (κ2) is 4.69. The van der Waals surface area contributed by atoms with Crippen molar-refractivity contribution in [2.75, 3.05) is 0 Å². The highest BCUT2D eigenvalue weighted by atomic mass is 16.3. The van der Waals surface area contributed by atoms with Crippen molar-refractivity contribution in [1.29, 1.82) is 0 Å². The van der Waals surface area contributed by atoms with Gasteiger partial charge in [-0.25, -0.2) is 0 Å². The van der Waals surface area contributed by atoms with Gasteiger partial charge in [-0.2, -0.15) is 0 Å². The van der Waals surface area contributed by atoms with E-state index in [9.17, 15) is 4.79 Å². The zero-order chi connectivity index (χ0) is 12.4. The minimum absolute atomic E-state index is 0.00801. The molecule has 0 aliphatic heterocycles. The van der Waals surface area contributed by atoms with Crippen molar-refractivity contribution in [3.63, 3.8) is 0 Å². The molecule has 0 unspecified atom stereocenters. The second-order valence-electron chi connectivity index (χ2n) is 4.63. The van der Waals surface area contributed by atoms with E-state index in [0.29, 0.717) is 18.3 Å². The van der Waals surface area contributed by atoms with Gasteiger partial charge in [-0.3, -0.25) is 4.79 Å². The Hall–Kier alpha value is -2.03. The summed E-state index contributed by atoms with van der Waals surface area (Å²) < 4.78 is 5.20. The molecule has 0 saturated heterocycles. The van der Waals surface area contributed by atoms with Crippen LogP contribution in [0.15, 0.2) is 53.1 Å². The van der Waals surface area contributed by atoms with Crippen molar-refractivity contribution >= 4 is 5.91 Å². The first kappa shape index (κ1) is 11.1. The van der Waals surface area contributed by atoms with Crippen LogP contribution in [0.1, 0.15) is 29.0 Å². The fourth-order valence-electron chi connectivity index (χ4n) is 2.07. The lowest BCUT2D eigenvalue weighted by Gasteiger charge is -2.21. The molecule has 1 aromatic carbocycles. The van der Waals surface area contributed by atoms with Crippen molar-refractivity contribution in [2.24, 2.45) is 0 Å². The summed E-state index contributed by atoms with van der Waals surface area (Å²) in [6.45, 7) is 0.658. The van der Waals surface area contributed by atoms with Crippen LogP contribution in [-0.4, -0.2) is 16.8 Å². The largest absolute Gasteiger partial charge is 0.459 e. The maximum Gasteiger partial charge on any atom is 0.290 e. The normalized spacial score (nSPS) is 14.4. The Balaban J connectivity index is 1.79. The molecule has 0 atom stereocenters. The summed E-state index contributed by atoms with van der Waals surface area (Å²) >= 11 is 0. The van der Waals surface area contributed by atoms with Crippen LogP contribution in [0.4, 0.5) is 0 Å². The van der Waals surface area contributed by atoms with Crippen LogP contribution < -0.4 is 0 Å². The molecule has 1 heterocycles. The fraction of sp³-hybridized carbons (Fsp3) is 0.267. The second-order valence-corrected chi connectivity index (χ2v) is 4.63. The Morgan fingerprint density at radius 2 is 1.94 bits per heavy atom. The first-order chi connectivity index (χ1) is 8.84. The van der Waals surface area contributed by atoms with Gasteiger partial charge < -0.3 is 9.32 Å². The lowest BCUT2D eigenvalue weighted by Crippen LogP contribution is -2.32. The summed E-state index contributed by atoms with van der Waals surface area (Å²) in [4.78, 5) is 14.2. The molecule has 1 fully saturated rings. The molecule has 2 aromatic rings. The predicted molar refractivity (Wildman–Crippen MR) is 68.0 cm³/mol. The van der Waals surface area contributed by atoms with Crippen LogP contribution in [0.25, 0.3) is 0 Å². The third-order valence-corrected chi connectivity index (χ3v) is 3.18. The molecule has 18 heavy (non-hydrogen) atoms. The number of hydrogen-bond donors (Lipinski definition) is 0. The predicted octanol–water partition coefficient (Wildman–Crippen LogP) is 3.08. The zero-order valence-electron chi connectivity index (χ0n) is 10.1. The van der Waals surface area contributed by atoms with Crippen molar-refractivity contribution < 1.29 is 9.21 Å². The molecular formula is C15H15NO2. The number of benzene rings is 1. The monoisotopic (exact) mass is 241 g/mol. The summed E-state index contributed by atoms with van der Waals surface area (Å²) in [6.07, 6.45) is 3.74. The number of furan rings is 1. The van der Waals surface area contributed by atoms with Crippen molar-refractivity contribution in [2.45, 2.75) is 25.4 Å². The average molecular weight is 241 g/mol. The van der Waals surface area contributed by atoms with E-state index in [4.69, 9.17) is 4.42 Å². The van der Waals surface area contributed by atoms with Gasteiger partial charge in [0.15, 0.2) is 5.76 Å². The van der Waals surface area contributed by atoms with Crippen LogP contribution >= 0.6 is 0 Å². The maximum absolute atomic E-state index is 12.3. The van der Waals surface area contributed by atoms with E-state index >= 15 is 0 Å². The zero-order valence-corrected chi connectivity index (χ0v) is 10.1. The highest BCUT2D eigenvalue weighted by Gasteiger charge is 2.33. The number of nitrogens with zero attached hydrogens (tertiary/aromatic N) is 1. The molecule has 3 nitrogen and oxygen atoms in total. The van der Waals surface area contributed by atoms with Gasteiger partial charge in [0, 0.05) is 12.6 Å². The standard InChI is InChI=1S/C15H15NO2/c17-15(14-7-4-10-18-14)16(13-8-9-13)11-12-5-2-1-3-6-12/h1-7,10,13H,8-9,11H2. The van der Waals surface area contributed by atoms with Gasteiger partial charge in [-0.05, 0) is 30.5 Å². The van der Waals surface area contributed by atoms with E-state index in [0.717, 1.165) is 18.4 Å². The summed E-state index contributed by atoms with van der Waals surface area (Å²) in [6, 6.07) is 13.9. The molecule has 92 valence electrons. The minimum Gasteiger partial charge on any atom is -0.459 e. The van der Waals surface area contributed by atoms with Crippen LogP contribution in [-0.2, 0) is 6.54 Å². The number of rotatable bonds is 4.